The summed E-state index contributed by atoms with van der Waals surface area (Å²) in [6, 6.07) is 0. The molecule has 0 aromatic carbocycles. The molecule has 2 heterocycles. The Morgan fingerprint density at radius 3 is 2.59 bits per heavy atom. The van der Waals surface area contributed by atoms with Gasteiger partial charge in [0.05, 0.1) is 6.20 Å². The number of anilines is 1. The largest absolute Gasteiger partial charge is 0.354 e. The van der Waals surface area contributed by atoms with Gasteiger partial charge in [0.2, 0.25) is 5.95 Å². The second-order valence-corrected chi connectivity index (χ2v) is 4.13. The lowest BCUT2D eigenvalue weighted by Crippen LogP contribution is -2.06. The summed E-state index contributed by atoms with van der Waals surface area (Å²) in [6.07, 6.45) is 7.57. The number of nitrogens with one attached hydrogen (secondary N) is 2. The van der Waals surface area contributed by atoms with Crippen LogP contribution in [0.1, 0.15) is 23.2 Å². The van der Waals surface area contributed by atoms with E-state index in [4.69, 9.17) is 0 Å². The molecule has 2 N–H and O–H groups in total. The summed E-state index contributed by atoms with van der Waals surface area (Å²) in [4.78, 5) is 8.38. The van der Waals surface area contributed by atoms with Gasteiger partial charge in [0.15, 0.2) is 0 Å². The van der Waals surface area contributed by atoms with Crippen LogP contribution in [0.5, 0.6) is 0 Å². The van der Waals surface area contributed by atoms with Crippen LogP contribution in [0.2, 0.25) is 0 Å². The van der Waals surface area contributed by atoms with Crippen molar-refractivity contribution in [2.75, 3.05) is 11.9 Å². The standard InChI is InChI=1S/C12H17N5/c1-9-6-14-12(15-7-9)13-5-3-4-11-8-16-17-10(11)2/h6-8H,3-5H2,1-2H3,(H,16,17)(H,13,14,15). The van der Waals surface area contributed by atoms with Crippen molar-refractivity contribution < 1.29 is 0 Å². The lowest BCUT2D eigenvalue weighted by atomic mass is 10.1. The van der Waals surface area contributed by atoms with Gasteiger partial charge in [-0.1, -0.05) is 0 Å². The van der Waals surface area contributed by atoms with Crippen molar-refractivity contribution in [3.8, 4) is 0 Å². The van der Waals surface area contributed by atoms with Crippen LogP contribution in [0.4, 0.5) is 5.95 Å². The van der Waals surface area contributed by atoms with E-state index in [9.17, 15) is 0 Å². The number of H-pyrrole nitrogens is 1. The maximum Gasteiger partial charge on any atom is 0.222 e. The van der Waals surface area contributed by atoms with E-state index in [0.717, 1.165) is 30.6 Å². The van der Waals surface area contributed by atoms with E-state index in [1.54, 1.807) is 0 Å². The first kappa shape index (κ1) is 11.6. The van der Waals surface area contributed by atoms with E-state index in [1.165, 1.54) is 5.56 Å². The predicted octanol–water partition coefficient (Wildman–Crippen LogP) is 1.86. The smallest absolute Gasteiger partial charge is 0.222 e. The van der Waals surface area contributed by atoms with Crippen LogP contribution < -0.4 is 5.32 Å². The highest BCUT2D eigenvalue weighted by Crippen LogP contribution is 2.06. The number of aryl methyl sites for hydroxylation is 3. The van der Waals surface area contributed by atoms with Crippen LogP contribution in [0.25, 0.3) is 0 Å². The zero-order valence-corrected chi connectivity index (χ0v) is 10.2. The van der Waals surface area contributed by atoms with Crippen molar-refractivity contribution >= 4 is 5.95 Å². The molecule has 90 valence electrons. The van der Waals surface area contributed by atoms with E-state index in [0.29, 0.717) is 5.95 Å². The molecule has 0 amide bonds. The van der Waals surface area contributed by atoms with Gasteiger partial charge in [0, 0.05) is 24.6 Å². The fraction of sp³-hybridized carbons (Fsp3) is 0.417. The van der Waals surface area contributed by atoms with Crippen LogP contribution in [0.3, 0.4) is 0 Å². The molecule has 5 nitrogen and oxygen atoms in total. The van der Waals surface area contributed by atoms with Crippen molar-refractivity contribution in [1.29, 1.82) is 0 Å². The fourth-order valence-corrected chi connectivity index (χ4v) is 1.59. The third kappa shape index (κ3) is 3.27. The van der Waals surface area contributed by atoms with Crippen LogP contribution in [-0.2, 0) is 6.42 Å². The van der Waals surface area contributed by atoms with Crippen molar-refractivity contribution in [3.63, 3.8) is 0 Å². The molecule has 2 aromatic heterocycles. The Bertz CT molecular complexity index is 460. The fourth-order valence-electron chi connectivity index (χ4n) is 1.59. The molecule has 2 rings (SSSR count). The SMILES string of the molecule is Cc1cnc(NCCCc2cn[nH]c2C)nc1. The topological polar surface area (TPSA) is 66.5 Å². The summed E-state index contributed by atoms with van der Waals surface area (Å²) >= 11 is 0. The van der Waals surface area contributed by atoms with E-state index in [-0.39, 0.29) is 0 Å². The van der Waals surface area contributed by atoms with Gasteiger partial charge in [-0.25, -0.2) is 9.97 Å². The lowest BCUT2D eigenvalue weighted by molar-refractivity contribution is 0.847. The molecule has 0 fully saturated rings. The van der Waals surface area contributed by atoms with Gasteiger partial charge >= 0.3 is 0 Å². The van der Waals surface area contributed by atoms with E-state index in [1.807, 2.05) is 32.4 Å². The minimum atomic E-state index is 0.694. The van der Waals surface area contributed by atoms with Gasteiger partial charge in [-0.2, -0.15) is 5.10 Å². The maximum absolute atomic E-state index is 4.19. The summed E-state index contributed by atoms with van der Waals surface area (Å²) < 4.78 is 0. The normalized spacial score (nSPS) is 10.5. The second-order valence-electron chi connectivity index (χ2n) is 4.13. The number of rotatable bonds is 5. The first-order valence-corrected chi connectivity index (χ1v) is 5.77. The van der Waals surface area contributed by atoms with Crippen LogP contribution in [0.15, 0.2) is 18.6 Å². The molecule has 0 saturated heterocycles. The minimum Gasteiger partial charge on any atom is -0.354 e. The van der Waals surface area contributed by atoms with Crippen molar-refractivity contribution in [3.05, 3.63) is 35.4 Å². The van der Waals surface area contributed by atoms with Crippen LogP contribution >= 0.6 is 0 Å². The number of hydrogen-bond donors (Lipinski definition) is 2. The average Bonchev–Trinajstić information content (AvgIpc) is 2.73. The Labute approximate surface area is 101 Å². The first-order chi connectivity index (χ1) is 8.25. The van der Waals surface area contributed by atoms with Gasteiger partial charge in [-0.15, -0.1) is 0 Å². The summed E-state index contributed by atoms with van der Waals surface area (Å²) in [7, 11) is 0. The summed E-state index contributed by atoms with van der Waals surface area (Å²) in [6.45, 7) is 4.89. The van der Waals surface area contributed by atoms with E-state index < -0.39 is 0 Å². The van der Waals surface area contributed by atoms with Crippen LogP contribution in [-0.4, -0.2) is 26.7 Å². The zero-order valence-electron chi connectivity index (χ0n) is 10.2. The molecule has 0 aliphatic carbocycles. The van der Waals surface area contributed by atoms with Gasteiger partial charge in [0.1, 0.15) is 0 Å². The Morgan fingerprint density at radius 2 is 1.94 bits per heavy atom. The Hall–Kier alpha value is -1.91. The quantitative estimate of drug-likeness (QED) is 0.771. The molecule has 5 heteroatoms. The molecule has 0 unspecified atom stereocenters. The molecule has 0 bridgehead atoms. The van der Waals surface area contributed by atoms with Crippen LogP contribution in [0, 0.1) is 13.8 Å². The number of aromatic amines is 1. The van der Waals surface area contributed by atoms with E-state index >= 15 is 0 Å². The van der Waals surface area contributed by atoms with Gasteiger partial charge in [-0.3, -0.25) is 5.10 Å². The summed E-state index contributed by atoms with van der Waals surface area (Å²) in [5.74, 6) is 0.694. The Kier molecular flexibility index (Phi) is 3.69. The Balaban J connectivity index is 1.73. The lowest BCUT2D eigenvalue weighted by Gasteiger charge is -2.04. The second kappa shape index (κ2) is 5.43. The first-order valence-electron chi connectivity index (χ1n) is 5.77. The van der Waals surface area contributed by atoms with E-state index in [2.05, 4.69) is 25.5 Å². The molecule has 17 heavy (non-hydrogen) atoms. The van der Waals surface area contributed by atoms with Crippen molar-refractivity contribution in [2.24, 2.45) is 0 Å². The third-order valence-corrected chi connectivity index (χ3v) is 2.62. The molecular formula is C12H17N5. The molecule has 0 spiro atoms. The average molecular weight is 231 g/mol. The highest BCUT2D eigenvalue weighted by Gasteiger charge is 2.00. The van der Waals surface area contributed by atoms with Crippen molar-refractivity contribution in [1.82, 2.24) is 20.2 Å². The molecule has 2 aromatic rings. The van der Waals surface area contributed by atoms with Gasteiger partial charge in [0.25, 0.3) is 0 Å². The molecule has 0 aliphatic rings. The van der Waals surface area contributed by atoms with Gasteiger partial charge in [-0.05, 0) is 37.8 Å². The summed E-state index contributed by atoms with van der Waals surface area (Å²) in [5.41, 5.74) is 3.50. The molecule has 0 atom stereocenters. The molecule has 0 saturated carbocycles. The number of aromatic nitrogens is 4. The Morgan fingerprint density at radius 1 is 1.18 bits per heavy atom. The summed E-state index contributed by atoms with van der Waals surface area (Å²) in [5, 5.41) is 10.1. The van der Waals surface area contributed by atoms with Gasteiger partial charge < -0.3 is 5.32 Å². The maximum atomic E-state index is 4.19. The highest BCUT2D eigenvalue weighted by atomic mass is 15.1. The number of hydrogen-bond acceptors (Lipinski definition) is 4. The zero-order chi connectivity index (χ0) is 12.1. The third-order valence-electron chi connectivity index (χ3n) is 2.62. The molecule has 0 aliphatic heterocycles. The van der Waals surface area contributed by atoms with Crippen molar-refractivity contribution in [2.45, 2.75) is 26.7 Å². The number of nitrogens with zero attached hydrogens (tertiary/aromatic N) is 3. The molecular weight excluding hydrogens is 214 g/mol. The monoisotopic (exact) mass is 231 g/mol. The molecule has 0 radical (unpaired) electrons. The minimum absolute atomic E-state index is 0.694. The predicted molar refractivity (Wildman–Crippen MR) is 66.9 cm³/mol. The highest BCUT2D eigenvalue weighted by molar-refractivity contribution is 5.24.